The second-order valence-electron chi connectivity index (χ2n) is 8.83. The molecule has 0 aliphatic rings. The van der Waals surface area contributed by atoms with Crippen molar-refractivity contribution < 1.29 is 4.79 Å². The highest BCUT2D eigenvalue weighted by Crippen LogP contribution is 2.26. The van der Waals surface area contributed by atoms with Gasteiger partial charge < -0.3 is 4.90 Å². The van der Waals surface area contributed by atoms with Crippen molar-refractivity contribution in [3.05, 3.63) is 135 Å². The molecule has 1 heterocycles. The summed E-state index contributed by atoms with van der Waals surface area (Å²) in [5.74, 6) is 0.126. The number of amides is 1. The molecule has 0 radical (unpaired) electrons. The monoisotopic (exact) mass is 476 g/mol. The number of carbonyl (C=O) groups excluding carboxylic acids is 1. The molecule has 4 heteroatoms. The third-order valence-corrected chi connectivity index (χ3v) is 7.41. The van der Waals surface area contributed by atoms with Crippen LogP contribution in [0, 0.1) is 6.92 Å². The van der Waals surface area contributed by atoms with Crippen LogP contribution >= 0.6 is 11.3 Å². The molecule has 0 bridgehead atoms. The summed E-state index contributed by atoms with van der Waals surface area (Å²) in [6.07, 6.45) is 1.15. The SMILES string of the molecule is Cc1nc(Cc2cccc3ccccc23)sc1CC(=O)N(Cc1ccccc1)Cc1ccccc1. The van der Waals surface area contributed by atoms with E-state index in [0.717, 1.165) is 33.1 Å². The number of aromatic nitrogens is 1. The Bertz CT molecular complexity index is 1380. The predicted molar refractivity (Wildman–Crippen MR) is 144 cm³/mol. The van der Waals surface area contributed by atoms with E-state index >= 15 is 0 Å². The summed E-state index contributed by atoms with van der Waals surface area (Å²) >= 11 is 1.66. The minimum absolute atomic E-state index is 0.126. The van der Waals surface area contributed by atoms with E-state index in [1.54, 1.807) is 11.3 Å². The number of hydrogen-bond acceptors (Lipinski definition) is 3. The molecule has 0 saturated carbocycles. The Balaban J connectivity index is 1.35. The second kappa shape index (κ2) is 10.7. The van der Waals surface area contributed by atoms with Crippen molar-refractivity contribution in [1.29, 1.82) is 0 Å². The minimum Gasteiger partial charge on any atom is -0.334 e. The lowest BCUT2D eigenvalue weighted by Crippen LogP contribution is -2.31. The Morgan fingerprint density at radius 3 is 2.06 bits per heavy atom. The van der Waals surface area contributed by atoms with E-state index in [9.17, 15) is 4.79 Å². The number of benzene rings is 4. The molecule has 0 aliphatic carbocycles. The van der Waals surface area contributed by atoms with Gasteiger partial charge in [-0.3, -0.25) is 4.79 Å². The Hall–Kier alpha value is -3.76. The smallest absolute Gasteiger partial charge is 0.228 e. The molecule has 1 amide bonds. The quantitative estimate of drug-likeness (QED) is 0.242. The van der Waals surface area contributed by atoms with Crippen LogP contribution in [0.25, 0.3) is 10.8 Å². The molecular formula is C31H28N2OS. The summed E-state index contributed by atoms with van der Waals surface area (Å²) in [5.41, 5.74) is 4.49. The number of hydrogen-bond donors (Lipinski definition) is 0. The zero-order chi connectivity index (χ0) is 24.0. The van der Waals surface area contributed by atoms with Crippen molar-refractivity contribution in [2.24, 2.45) is 0 Å². The van der Waals surface area contributed by atoms with Crippen LogP contribution in [0.2, 0.25) is 0 Å². The highest BCUT2D eigenvalue weighted by molar-refractivity contribution is 7.11. The van der Waals surface area contributed by atoms with Crippen LogP contribution in [0.15, 0.2) is 103 Å². The van der Waals surface area contributed by atoms with E-state index in [0.29, 0.717) is 19.5 Å². The molecule has 0 saturated heterocycles. The van der Waals surface area contributed by atoms with E-state index in [1.165, 1.54) is 16.3 Å². The molecule has 4 aromatic carbocycles. The molecule has 5 aromatic rings. The van der Waals surface area contributed by atoms with Gasteiger partial charge in [-0.15, -0.1) is 11.3 Å². The predicted octanol–water partition coefficient (Wildman–Crippen LogP) is 6.97. The number of fused-ring (bicyclic) bond motifs is 1. The topological polar surface area (TPSA) is 33.2 Å². The molecule has 0 N–H and O–H groups in total. The van der Waals surface area contributed by atoms with Crippen LogP contribution in [0.1, 0.15) is 32.3 Å². The van der Waals surface area contributed by atoms with Crippen molar-refractivity contribution in [1.82, 2.24) is 9.88 Å². The first-order chi connectivity index (χ1) is 17.2. The van der Waals surface area contributed by atoms with Crippen molar-refractivity contribution in [2.75, 3.05) is 0 Å². The Morgan fingerprint density at radius 2 is 1.37 bits per heavy atom. The molecule has 35 heavy (non-hydrogen) atoms. The van der Waals surface area contributed by atoms with Gasteiger partial charge in [-0.05, 0) is 34.4 Å². The maximum Gasteiger partial charge on any atom is 0.228 e. The lowest BCUT2D eigenvalue weighted by Gasteiger charge is -2.23. The molecule has 5 rings (SSSR count). The molecular weight excluding hydrogens is 448 g/mol. The number of thiazole rings is 1. The Morgan fingerprint density at radius 1 is 0.771 bits per heavy atom. The fourth-order valence-corrected chi connectivity index (χ4v) is 5.51. The van der Waals surface area contributed by atoms with E-state index in [4.69, 9.17) is 4.98 Å². The zero-order valence-corrected chi connectivity index (χ0v) is 20.7. The van der Waals surface area contributed by atoms with E-state index in [1.807, 2.05) is 48.2 Å². The average Bonchev–Trinajstić information content (AvgIpc) is 3.23. The summed E-state index contributed by atoms with van der Waals surface area (Å²) in [4.78, 5) is 21.4. The van der Waals surface area contributed by atoms with Gasteiger partial charge in [-0.25, -0.2) is 4.98 Å². The van der Waals surface area contributed by atoms with Crippen molar-refractivity contribution in [2.45, 2.75) is 32.9 Å². The molecule has 0 aliphatic heterocycles. The van der Waals surface area contributed by atoms with Gasteiger partial charge in [-0.2, -0.15) is 0 Å². The first-order valence-corrected chi connectivity index (χ1v) is 12.7. The summed E-state index contributed by atoms with van der Waals surface area (Å²) in [6.45, 7) is 3.20. The Kier molecular flexibility index (Phi) is 7.01. The third kappa shape index (κ3) is 5.67. The van der Waals surface area contributed by atoms with Gasteiger partial charge >= 0.3 is 0 Å². The van der Waals surface area contributed by atoms with Gasteiger partial charge in [0.2, 0.25) is 5.91 Å². The number of rotatable bonds is 8. The molecule has 174 valence electrons. The summed E-state index contributed by atoms with van der Waals surface area (Å²) < 4.78 is 0. The highest BCUT2D eigenvalue weighted by atomic mass is 32.1. The molecule has 0 spiro atoms. The van der Waals surface area contributed by atoms with Crippen molar-refractivity contribution in [3.63, 3.8) is 0 Å². The van der Waals surface area contributed by atoms with Crippen LogP contribution in [-0.4, -0.2) is 15.8 Å². The average molecular weight is 477 g/mol. The summed E-state index contributed by atoms with van der Waals surface area (Å²) in [7, 11) is 0. The minimum atomic E-state index is 0.126. The van der Waals surface area contributed by atoms with Gasteiger partial charge in [0, 0.05) is 24.4 Å². The van der Waals surface area contributed by atoms with E-state index in [-0.39, 0.29) is 5.91 Å². The van der Waals surface area contributed by atoms with Crippen LogP contribution in [0.3, 0.4) is 0 Å². The van der Waals surface area contributed by atoms with Gasteiger partial charge in [0.15, 0.2) is 0 Å². The molecule has 0 unspecified atom stereocenters. The van der Waals surface area contributed by atoms with Crippen molar-refractivity contribution in [3.8, 4) is 0 Å². The maximum absolute atomic E-state index is 13.5. The van der Waals surface area contributed by atoms with Crippen LogP contribution in [0.5, 0.6) is 0 Å². The van der Waals surface area contributed by atoms with Crippen molar-refractivity contribution >= 4 is 28.0 Å². The first-order valence-electron chi connectivity index (χ1n) is 11.9. The standard InChI is InChI=1S/C31H28N2OS/c1-23-29(35-30(32-23)19-27-17-10-16-26-15-8-9-18-28(26)27)20-31(34)33(21-24-11-4-2-5-12-24)22-25-13-6-3-7-14-25/h2-18H,19-22H2,1H3. The van der Waals surface area contributed by atoms with Crippen LogP contribution < -0.4 is 0 Å². The molecule has 3 nitrogen and oxygen atoms in total. The third-order valence-electron chi connectivity index (χ3n) is 6.26. The highest BCUT2D eigenvalue weighted by Gasteiger charge is 2.19. The van der Waals surface area contributed by atoms with E-state index in [2.05, 4.69) is 66.7 Å². The molecule has 0 atom stereocenters. The van der Waals surface area contributed by atoms with Gasteiger partial charge in [-0.1, -0.05) is 103 Å². The second-order valence-corrected chi connectivity index (χ2v) is 10.00. The molecule has 0 fully saturated rings. The van der Waals surface area contributed by atoms with Crippen LogP contribution in [-0.2, 0) is 30.7 Å². The van der Waals surface area contributed by atoms with E-state index < -0.39 is 0 Å². The normalized spacial score (nSPS) is 11.0. The van der Waals surface area contributed by atoms with Gasteiger partial charge in [0.05, 0.1) is 17.1 Å². The number of nitrogens with zero attached hydrogens (tertiary/aromatic N) is 2. The first kappa shape index (κ1) is 23.0. The fraction of sp³-hybridized carbons (Fsp3) is 0.161. The summed E-state index contributed by atoms with van der Waals surface area (Å²) in [6, 6.07) is 35.3. The maximum atomic E-state index is 13.5. The Labute approximate surface area is 210 Å². The lowest BCUT2D eigenvalue weighted by molar-refractivity contribution is -0.131. The summed E-state index contributed by atoms with van der Waals surface area (Å²) in [5, 5.41) is 3.56. The van der Waals surface area contributed by atoms with Crippen LogP contribution in [0.4, 0.5) is 0 Å². The number of aryl methyl sites for hydroxylation is 1. The zero-order valence-electron chi connectivity index (χ0n) is 19.9. The fourth-order valence-electron chi connectivity index (χ4n) is 4.43. The largest absolute Gasteiger partial charge is 0.334 e. The van der Waals surface area contributed by atoms with Gasteiger partial charge in [0.1, 0.15) is 0 Å². The lowest BCUT2D eigenvalue weighted by atomic mass is 10.0. The number of carbonyl (C=O) groups is 1. The molecule has 1 aromatic heterocycles. The van der Waals surface area contributed by atoms with Gasteiger partial charge in [0.25, 0.3) is 0 Å².